The van der Waals surface area contributed by atoms with Gasteiger partial charge in [0.25, 0.3) is 0 Å². The molecule has 8 heteroatoms. The first-order valence-electron chi connectivity index (χ1n) is 8.81. The van der Waals surface area contributed by atoms with E-state index in [4.69, 9.17) is 8.94 Å². The van der Waals surface area contributed by atoms with Crippen molar-refractivity contribution >= 4 is 11.8 Å². The van der Waals surface area contributed by atoms with E-state index >= 15 is 0 Å². The Morgan fingerprint density at radius 1 is 1.21 bits per heavy atom. The smallest absolute Gasteiger partial charge is 0.240 e. The average molecular weight is 393 g/mol. The molecule has 1 aromatic carbocycles. The summed E-state index contributed by atoms with van der Waals surface area (Å²) >= 11 is 1.51. The first-order valence-corrected chi connectivity index (χ1v) is 9.69. The van der Waals surface area contributed by atoms with E-state index in [1.807, 2.05) is 60.9 Å². The maximum Gasteiger partial charge on any atom is 0.240 e. The van der Waals surface area contributed by atoms with E-state index in [0.29, 0.717) is 18.3 Å². The summed E-state index contributed by atoms with van der Waals surface area (Å²) in [6.45, 7) is 8.34. The van der Waals surface area contributed by atoms with Crippen LogP contribution in [0.15, 0.2) is 69.4 Å². The lowest BCUT2D eigenvalue weighted by molar-refractivity contribution is 0.380. The minimum atomic E-state index is -0.0870. The van der Waals surface area contributed by atoms with Crippen LogP contribution < -0.4 is 0 Å². The van der Waals surface area contributed by atoms with Crippen LogP contribution in [0.1, 0.15) is 23.8 Å². The predicted octanol–water partition coefficient (Wildman–Crippen LogP) is 4.94. The van der Waals surface area contributed by atoms with Crippen LogP contribution in [0.2, 0.25) is 0 Å². The average Bonchev–Trinajstić information content (AvgIpc) is 3.44. The fourth-order valence-corrected chi connectivity index (χ4v) is 3.69. The molecule has 0 spiro atoms. The molecule has 1 unspecified atom stereocenters. The highest BCUT2D eigenvalue weighted by Gasteiger charge is 2.22. The molecule has 1 atom stereocenters. The molecule has 142 valence electrons. The fraction of sp³-hybridized carbons (Fsp3) is 0.200. The largest absolute Gasteiger partial charge is 0.469 e. The number of hydrogen-bond acceptors (Lipinski definition) is 7. The molecule has 4 aromatic rings. The highest BCUT2D eigenvalue weighted by molar-refractivity contribution is 7.99. The number of aryl methyl sites for hydroxylation is 1. The molecule has 0 bridgehead atoms. The minimum Gasteiger partial charge on any atom is -0.469 e. The van der Waals surface area contributed by atoms with Crippen molar-refractivity contribution < 1.29 is 8.94 Å². The molecular formula is C20H19N5O2S. The van der Waals surface area contributed by atoms with Gasteiger partial charge in [-0.25, -0.2) is 0 Å². The molecule has 0 aliphatic carbocycles. The number of rotatable bonds is 7. The van der Waals surface area contributed by atoms with Gasteiger partial charge in [0.2, 0.25) is 11.7 Å². The topological polar surface area (TPSA) is 82.8 Å². The Balaban J connectivity index is 1.59. The van der Waals surface area contributed by atoms with Gasteiger partial charge < -0.3 is 8.94 Å². The lowest BCUT2D eigenvalue weighted by atomic mass is 10.2. The molecule has 0 aliphatic rings. The van der Waals surface area contributed by atoms with Gasteiger partial charge in [-0.3, -0.25) is 4.57 Å². The number of aromatic nitrogens is 5. The highest BCUT2D eigenvalue weighted by Crippen LogP contribution is 2.36. The van der Waals surface area contributed by atoms with Crippen LogP contribution >= 0.6 is 11.8 Å². The second-order valence-electron chi connectivity index (χ2n) is 6.18. The van der Waals surface area contributed by atoms with Crippen molar-refractivity contribution in [2.75, 3.05) is 0 Å². The Bertz CT molecular complexity index is 1080. The molecule has 3 heterocycles. The van der Waals surface area contributed by atoms with E-state index in [0.717, 1.165) is 27.9 Å². The van der Waals surface area contributed by atoms with Crippen LogP contribution in [0.4, 0.5) is 0 Å². The maximum atomic E-state index is 5.48. The molecule has 0 amide bonds. The second-order valence-corrected chi connectivity index (χ2v) is 7.49. The zero-order chi connectivity index (χ0) is 19.5. The van der Waals surface area contributed by atoms with Crippen molar-refractivity contribution in [3.63, 3.8) is 0 Å². The Morgan fingerprint density at radius 2 is 2.04 bits per heavy atom. The van der Waals surface area contributed by atoms with E-state index < -0.39 is 0 Å². The summed E-state index contributed by atoms with van der Waals surface area (Å²) in [5.74, 6) is 2.66. The summed E-state index contributed by atoms with van der Waals surface area (Å²) in [6.07, 6.45) is 3.47. The van der Waals surface area contributed by atoms with Gasteiger partial charge in [-0.05, 0) is 19.9 Å². The van der Waals surface area contributed by atoms with Gasteiger partial charge in [-0.1, -0.05) is 53.3 Å². The zero-order valence-electron chi connectivity index (χ0n) is 15.6. The number of allylic oxidation sites excluding steroid dienone is 1. The minimum absolute atomic E-state index is 0.0870. The lowest BCUT2D eigenvalue weighted by Gasteiger charge is -2.09. The Morgan fingerprint density at radius 3 is 2.75 bits per heavy atom. The second kappa shape index (κ2) is 7.85. The fourth-order valence-electron chi connectivity index (χ4n) is 2.80. The third kappa shape index (κ3) is 3.50. The van der Waals surface area contributed by atoms with Gasteiger partial charge in [0.05, 0.1) is 17.1 Å². The number of furan rings is 1. The number of hydrogen-bond donors (Lipinski definition) is 0. The first-order chi connectivity index (χ1) is 13.7. The van der Waals surface area contributed by atoms with Crippen LogP contribution in [0.5, 0.6) is 0 Å². The standard InChI is InChI=1S/C20H19N5O2S/c1-4-11-25-18(16-10-12-26-13(16)2)22-23-20(25)28-14(3)19-21-17(24-27-19)15-8-6-5-7-9-15/h4-10,12,14H,1,11H2,2-3H3. The van der Waals surface area contributed by atoms with Gasteiger partial charge in [0, 0.05) is 12.1 Å². The molecule has 7 nitrogen and oxygen atoms in total. The molecule has 3 aromatic heterocycles. The summed E-state index contributed by atoms with van der Waals surface area (Å²) < 4.78 is 12.9. The van der Waals surface area contributed by atoms with E-state index in [-0.39, 0.29) is 5.25 Å². The van der Waals surface area contributed by atoms with Crippen molar-refractivity contribution in [2.24, 2.45) is 0 Å². The summed E-state index contributed by atoms with van der Waals surface area (Å²) in [7, 11) is 0. The number of thioether (sulfide) groups is 1. The Hall–Kier alpha value is -3.13. The van der Waals surface area contributed by atoms with Crippen molar-refractivity contribution in [1.82, 2.24) is 24.9 Å². The lowest BCUT2D eigenvalue weighted by Crippen LogP contribution is -2.02. The van der Waals surface area contributed by atoms with E-state index in [2.05, 4.69) is 26.9 Å². The summed E-state index contributed by atoms with van der Waals surface area (Å²) in [5.41, 5.74) is 1.83. The summed E-state index contributed by atoms with van der Waals surface area (Å²) in [5, 5.41) is 13.5. The van der Waals surface area contributed by atoms with Crippen LogP contribution in [-0.4, -0.2) is 24.9 Å². The Labute approximate surface area is 166 Å². The molecular weight excluding hydrogens is 374 g/mol. The summed E-state index contributed by atoms with van der Waals surface area (Å²) in [4.78, 5) is 4.53. The van der Waals surface area contributed by atoms with Crippen molar-refractivity contribution in [1.29, 1.82) is 0 Å². The number of benzene rings is 1. The summed E-state index contributed by atoms with van der Waals surface area (Å²) in [6, 6.07) is 11.6. The van der Waals surface area contributed by atoms with Gasteiger partial charge >= 0.3 is 0 Å². The van der Waals surface area contributed by atoms with Gasteiger partial charge in [-0.15, -0.1) is 16.8 Å². The molecule has 0 radical (unpaired) electrons. The van der Waals surface area contributed by atoms with E-state index in [9.17, 15) is 0 Å². The van der Waals surface area contributed by atoms with Gasteiger partial charge in [0.15, 0.2) is 11.0 Å². The Kier molecular flexibility index (Phi) is 5.12. The van der Waals surface area contributed by atoms with Crippen molar-refractivity contribution in [2.45, 2.75) is 30.8 Å². The van der Waals surface area contributed by atoms with Crippen LogP contribution in [-0.2, 0) is 6.54 Å². The zero-order valence-corrected chi connectivity index (χ0v) is 16.4. The van der Waals surface area contributed by atoms with Gasteiger partial charge in [0.1, 0.15) is 5.76 Å². The van der Waals surface area contributed by atoms with Gasteiger partial charge in [-0.2, -0.15) is 4.98 Å². The van der Waals surface area contributed by atoms with Crippen LogP contribution in [0, 0.1) is 6.92 Å². The molecule has 0 fully saturated rings. The first kappa shape index (κ1) is 18.2. The molecule has 0 saturated heterocycles. The molecule has 0 N–H and O–H groups in total. The third-order valence-electron chi connectivity index (χ3n) is 4.23. The SMILES string of the molecule is C=CCn1c(SC(C)c2nc(-c3ccccc3)no2)nnc1-c1ccoc1C. The normalized spacial score (nSPS) is 12.2. The molecule has 0 aliphatic heterocycles. The maximum absolute atomic E-state index is 5.48. The van der Waals surface area contributed by atoms with Crippen LogP contribution in [0.3, 0.4) is 0 Å². The van der Waals surface area contributed by atoms with Crippen molar-refractivity contribution in [3.8, 4) is 22.8 Å². The monoisotopic (exact) mass is 393 g/mol. The molecule has 28 heavy (non-hydrogen) atoms. The van der Waals surface area contributed by atoms with Crippen molar-refractivity contribution in [3.05, 3.63) is 67.0 Å². The molecule has 0 saturated carbocycles. The van der Waals surface area contributed by atoms with E-state index in [1.165, 1.54) is 11.8 Å². The van der Waals surface area contributed by atoms with E-state index in [1.54, 1.807) is 6.26 Å². The highest BCUT2D eigenvalue weighted by atomic mass is 32.2. The quantitative estimate of drug-likeness (QED) is 0.325. The molecule has 4 rings (SSSR count). The van der Waals surface area contributed by atoms with Crippen LogP contribution in [0.25, 0.3) is 22.8 Å². The number of nitrogens with zero attached hydrogens (tertiary/aromatic N) is 5. The third-order valence-corrected chi connectivity index (χ3v) is 5.30. The predicted molar refractivity (Wildman–Crippen MR) is 107 cm³/mol.